The number of ether oxygens (including phenoxy) is 1. The standard InChI is InChI=1S/C18H23N5O2.2C2HF3O2/c1-25-11-10-22-8-9-23(14-16-5-3-7-20-17(16)22)18(24)21-13-15-4-2-6-19-12-15;2*3-2(4,5)1(6)7/h2-7,12H,8-11,13-14H2,1H3,(H,21,24);2*(H,6,7). The lowest BCUT2D eigenvalue weighted by Crippen LogP contribution is -2.41. The molecule has 1 aliphatic rings. The van der Waals surface area contributed by atoms with Crippen LogP contribution in [-0.4, -0.2) is 88.8 Å². The van der Waals surface area contributed by atoms with Crippen molar-refractivity contribution in [2.75, 3.05) is 38.3 Å². The van der Waals surface area contributed by atoms with E-state index in [1.54, 1.807) is 25.7 Å². The van der Waals surface area contributed by atoms with E-state index in [1.807, 2.05) is 29.2 Å². The fourth-order valence-corrected chi connectivity index (χ4v) is 2.86. The summed E-state index contributed by atoms with van der Waals surface area (Å²) in [5.41, 5.74) is 2.03. The van der Waals surface area contributed by atoms with Crippen molar-refractivity contribution in [2.45, 2.75) is 25.4 Å². The Hall–Kier alpha value is -4.15. The first-order chi connectivity index (χ1) is 18.2. The number of aromatic nitrogens is 2. The molecule has 11 nitrogen and oxygen atoms in total. The van der Waals surface area contributed by atoms with E-state index in [9.17, 15) is 31.1 Å². The van der Waals surface area contributed by atoms with Crippen LogP contribution in [-0.2, 0) is 27.4 Å². The highest BCUT2D eigenvalue weighted by Crippen LogP contribution is 2.22. The molecule has 0 aromatic carbocycles. The van der Waals surface area contributed by atoms with Crippen molar-refractivity contribution in [1.29, 1.82) is 0 Å². The molecule has 1 aliphatic heterocycles. The molecule has 0 fully saturated rings. The SMILES string of the molecule is COCCN1CCN(C(=O)NCc2cccnc2)Cc2cccnc21.O=C(O)C(F)(F)F.O=C(O)C(F)(F)F. The number of amides is 2. The van der Waals surface area contributed by atoms with Crippen LogP contribution >= 0.6 is 0 Å². The highest BCUT2D eigenvalue weighted by molar-refractivity contribution is 5.75. The van der Waals surface area contributed by atoms with Crippen LogP contribution in [0.25, 0.3) is 0 Å². The largest absolute Gasteiger partial charge is 0.490 e. The molecular weight excluding hydrogens is 544 g/mol. The van der Waals surface area contributed by atoms with E-state index >= 15 is 0 Å². The monoisotopic (exact) mass is 569 g/mol. The van der Waals surface area contributed by atoms with Gasteiger partial charge in [-0.25, -0.2) is 19.4 Å². The van der Waals surface area contributed by atoms with Gasteiger partial charge in [-0.2, -0.15) is 26.3 Å². The highest BCUT2D eigenvalue weighted by atomic mass is 19.4. The van der Waals surface area contributed by atoms with Crippen LogP contribution in [0.1, 0.15) is 11.1 Å². The predicted octanol–water partition coefficient (Wildman–Crippen LogP) is 2.92. The number of alkyl halides is 6. The average molecular weight is 569 g/mol. The Morgan fingerprint density at radius 2 is 1.59 bits per heavy atom. The first-order valence-corrected chi connectivity index (χ1v) is 10.9. The molecule has 0 bridgehead atoms. The second-order valence-corrected chi connectivity index (χ2v) is 7.51. The van der Waals surface area contributed by atoms with Gasteiger partial charge in [0.05, 0.1) is 13.2 Å². The molecule has 0 unspecified atom stereocenters. The maximum Gasteiger partial charge on any atom is 0.490 e. The van der Waals surface area contributed by atoms with Crippen LogP contribution in [0.15, 0.2) is 42.9 Å². The van der Waals surface area contributed by atoms with Crippen molar-refractivity contribution < 1.29 is 55.7 Å². The molecule has 2 aromatic heterocycles. The number of hydrogen-bond donors (Lipinski definition) is 3. The lowest BCUT2D eigenvalue weighted by Gasteiger charge is -2.23. The van der Waals surface area contributed by atoms with Gasteiger partial charge >= 0.3 is 30.3 Å². The zero-order valence-corrected chi connectivity index (χ0v) is 20.4. The fourth-order valence-electron chi connectivity index (χ4n) is 2.86. The molecule has 216 valence electrons. The molecule has 3 rings (SSSR count). The smallest absolute Gasteiger partial charge is 0.475 e. The Bertz CT molecular complexity index is 1050. The zero-order chi connectivity index (χ0) is 29.6. The van der Waals surface area contributed by atoms with Crippen molar-refractivity contribution >= 4 is 23.8 Å². The first kappa shape index (κ1) is 32.9. The third kappa shape index (κ3) is 12.3. The number of fused-ring (bicyclic) bond motifs is 1. The van der Waals surface area contributed by atoms with E-state index in [2.05, 4.69) is 20.2 Å². The summed E-state index contributed by atoms with van der Waals surface area (Å²) in [6.07, 6.45) is -4.90. The van der Waals surface area contributed by atoms with Crippen molar-refractivity contribution in [3.63, 3.8) is 0 Å². The van der Waals surface area contributed by atoms with Gasteiger partial charge in [-0.1, -0.05) is 12.1 Å². The lowest BCUT2D eigenvalue weighted by atomic mass is 10.2. The van der Waals surface area contributed by atoms with Crippen LogP contribution in [0.5, 0.6) is 0 Å². The molecule has 39 heavy (non-hydrogen) atoms. The summed E-state index contributed by atoms with van der Waals surface area (Å²) >= 11 is 0. The van der Waals surface area contributed by atoms with Gasteiger partial charge in [0.15, 0.2) is 0 Å². The summed E-state index contributed by atoms with van der Waals surface area (Å²) < 4.78 is 68.7. The van der Waals surface area contributed by atoms with Crippen LogP contribution in [0.2, 0.25) is 0 Å². The number of carbonyl (C=O) groups excluding carboxylic acids is 1. The van der Waals surface area contributed by atoms with E-state index < -0.39 is 24.3 Å². The number of carboxylic acid groups (broad SMARTS) is 2. The van der Waals surface area contributed by atoms with Crippen LogP contribution < -0.4 is 10.2 Å². The molecule has 0 aliphatic carbocycles. The number of rotatable bonds is 5. The highest BCUT2D eigenvalue weighted by Gasteiger charge is 2.38. The van der Waals surface area contributed by atoms with Gasteiger partial charge in [0.2, 0.25) is 0 Å². The zero-order valence-electron chi connectivity index (χ0n) is 20.4. The number of methoxy groups -OCH3 is 1. The maximum absolute atomic E-state index is 12.6. The normalized spacial score (nSPS) is 13.0. The van der Waals surface area contributed by atoms with Crippen LogP contribution in [0, 0.1) is 0 Å². The van der Waals surface area contributed by atoms with Gasteiger partial charge in [-0.3, -0.25) is 4.98 Å². The minimum Gasteiger partial charge on any atom is -0.475 e. The average Bonchev–Trinajstić information content (AvgIpc) is 3.06. The molecule has 17 heteroatoms. The van der Waals surface area contributed by atoms with E-state index in [1.165, 1.54) is 0 Å². The van der Waals surface area contributed by atoms with Crippen LogP contribution in [0.3, 0.4) is 0 Å². The van der Waals surface area contributed by atoms with E-state index in [0.29, 0.717) is 26.2 Å². The van der Waals surface area contributed by atoms with Crippen molar-refractivity contribution in [1.82, 2.24) is 20.2 Å². The molecule has 2 aromatic rings. The van der Waals surface area contributed by atoms with E-state index in [4.69, 9.17) is 24.5 Å². The Morgan fingerprint density at radius 3 is 2.10 bits per heavy atom. The third-order valence-electron chi connectivity index (χ3n) is 4.67. The van der Waals surface area contributed by atoms with Gasteiger partial charge in [0.25, 0.3) is 0 Å². The van der Waals surface area contributed by atoms with Crippen molar-refractivity contribution in [3.8, 4) is 0 Å². The predicted molar refractivity (Wildman–Crippen MR) is 123 cm³/mol. The molecule has 0 spiro atoms. The quantitative estimate of drug-likeness (QED) is 0.463. The van der Waals surface area contributed by atoms with E-state index in [0.717, 1.165) is 30.0 Å². The summed E-state index contributed by atoms with van der Waals surface area (Å²) in [4.78, 5) is 42.9. The van der Waals surface area contributed by atoms with Gasteiger partial charge in [0.1, 0.15) is 5.82 Å². The second kappa shape index (κ2) is 15.3. The van der Waals surface area contributed by atoms with Crippen LogP contribution in [0.4, 0.5) is 37.0 Å². The van der Waals surface area contributed by atoms with Crippen molar-refractivity contribution in [3.05, 3.63) is 54.0 Å². The number of urea groups is 1. The summed E-state index contributed by atoms with van der Waals surface area (Å²) in [6.45, 7) is 3.77. The van der Waals surface area contributed by atoms with E-state index in [-0.39, 0.29) is 6.03 Å². The Kier molecular flexibility index (Phi) is 12.9. The summed E-state index contributed by atoms with van der Waals surface area (Å²) in [6, 6.07) is 7.66. The van der Waals surface area contributed by atoms with Crippen molar-refractivity contribution in [2.24, 2.45) is 0 Å². The number of nitrogens with one attached hydrogen (secondary N) is 1. The molecule has 2 amide bonds. The Morgan fingerprint density at radius 1 is 1.00 bits per heavy atom. The Labute approximate surface area is 218 Å². The molecule has 0 atom stereocenters. The number of carbonyl (C=O) groups is 3. The van der Waals surface area contributed by atoms with Gasteiger partial charge in [-0.15, -0.1) is 0 Å². The topological polar surface area (TPSA) is 145 Å². The maximum atomic E-state index is 12.6. The summed E-state index contributed by atoms with van der Waals surface area (Å²) in [5, 5.41) is 17.2. The number of pyridine rings is 2. The number of halogens is 6. The molecule has 3 N–H and O–H groups in total. The third-order valence-corrected chi connectivity index (χ3v) is 4.67. The minimum atomic E-state index is -5.08. The van der Waals surface area contributed by atoms with Gasteiger partial charge < -0.3 is 30.1 Å². The summed E-state index contributed by atoms with van der Waals surface area (Å²) in [5.74, 6) is -4.58. The number of aliphatic carboxylic acids is 2. The molecule has 0 saturated heterocycles. The number of anilines is 1. The lowest BCUT2D eigenvalue weighted by molar-refractivity contribution is -0.193. The number of hydrogen-bond acceptors (Lipinski definition) is 7. The Balaban J connectivity index is 0.000000449. The number of nitrogens with zero attached hydrogens (tertiary/aromatic N) is 4. The molecule has 0 saturated carbocycles. The number of carboxylic acids is 2. The summed E-state index contributed by atoms with van der Waals surface area (Å²) in [7, 11) is 1.69. The first-order valence-electron chi connectivity index (χ1n) is 10.9. The molecule has 3 heterocycles. The fraction of sp³-hybridized carbons (Fsp3) is 0.409. The molecular formula is C22H25F6N5O6. The van der Waals surface area contributed by atoms with Gasteiger partial charge in [0, 0.05) is 57.4 Å². The minimum absolute atomic E-state index is 0.0766. The second-order valence-electron chi connectivity index (χ2n) is 7.51. The van der Waals surface area contributed by atoms with Gasteiger partial charge in [-0.05, 0) is 17.7 Å². The molecule has 0 radical (unpaired) electrons.